The third kappa shape index (κ3) is 7.14. The summed E-state index contributed by atoms with van der Waals surface area (Å²) in [6.45, 7) is 4.58. The van der Waals surface area contributed by atoms with Crippen molar-refractivity contribution in [2.75, 3.05) is 0 Å². The Labute approximate surface area is 162 Å². The van der Waals surface area contributed by atoms with E-state index in [9.17, 15) is 0 Å². The van der Waals surface area contributed by atoms with Crippen molar-refractivity contribution in [2.24, 2.45) is 0 Å². The maximum absolute atomic E-state index is 2.42. The van der Waals surface area contributed by atoms with Crippen molar-refractivity contribution < 1.29 is 0 Å². The molecular weight excluding hydrogens is 312 g/mol. The molecule has 0 radical (unpaired) electrons. The van der Waals surface area contributed by atoms with E-state index in [1.54, 1.807) is 11.1 Å². The van der Waals surface area contributed by atoms with Crippen molar-refractivity contribution in [3.63, 3.8) is 0 Å². The highest BCUT2D eigenvalue weighted by molar-refractivity contribution is 5.88. The number of fused-ring (bicyclic) bond motifs is 1. The summed E-state index contributed by atoms with van der Waals surface area (Å²) in [4.78, 5) is 0. The van der Waals surface area contributed by atoms with Gasteiger partial charge in [0.15, 0.2) is 0 Å². The molecule has 0 fully saturated rings. The van der Waals surface area contributed by atoms with E-state index in [-0.39, 0.29) is 0 Å². The zero-order chi connectivity index (χ0) is 18.5. The quantitative estimate of drug-likeness (QED) is 0.298. The van der Waals surface area contributed by atoms with Crippen molar-refractivity contribution in [3.05, 3.63) is 47.5 Å². The monoisotopic (exact) mass is 352 g/mol. The summed E-state index contributed by atoms with van der Waals surface area (Å²) >= 11 is 0. The lowest BCUT2D eigenvalue weighted by molar-refractivity contribution is 0.607. The number of rotatable bonds is 14. The molecule has 0 heterocycles. The fraction of sp³-hybridized carbons (Fsp3) is 0.615. The Morgan fingerprint density at radius 3 is 1.27 bits per heavy atom. The van der Waals surface area contributed by atoms with Crippen LogP contribution in [-0.4, -0.2) is 0 Å². The second-order valence-corrected chi connectivity index (χ2v) is 7.96. The molecular formula is C26H40. The molecule has 0 saturated heterocycles. The topological polar surface area (TPSA) is 0 Å². The van der Waals surface area contributed by atoms with Gasteiger partial charge in [-0.05, 0) is 47.6 Å². The molecule has 0 unspecified atom stereocenters. The molecule has 0 atom stereocenters. The summed E-state index contributed by atoms with van der Waals surface area (Å²) in [6.07, 6.45) is 19.0. The molecule has 0 amide bonds. The summed E-state index contributed by atoms with van der Waals surface area (Å²) in [5.74, 6) is 0. The van der Waals surface area contributed by atoms with E-state index in [2.05, 4.69) is 50.2 Å². The van der Waals surface area contributed by atoms with E-state index in [0.717, 1.165) is 0 Å². The van der Waals surface area contributed by atoms with E-state index >= 15 is 0 Å². The van der Waals surface area contributed by atoms with Gasteiger partial charge in [0, 0.05) is 0 Å². The zero-order valence-corrected chi connectivity index (χ0v) is 17.4. The standard InChI is InChI=1S/C26H40/c1-3-5-7-9-11-13-17-23-21-22-24(18-14-12-10-8-6-4-2)26-20-16-15-19-25(23)26/h15-16,19-22H,3-14,17-18H2,1-2H3. The van der Waals surface area contributed by atoms with Crippen LogP contribution in [0.25, 0.3) is 10.8 Å². The van der Waals surface area contributed by atoms with Crippen molar-refractivity contribution in [1.29, 1.82) is 0 Å². The van der Waals surface area contributed by atoms with Gasteiger partial charge >= 0.3 is 0 Å². The smallest absolute Gasteiger partial charge is 0.0149 e. The molecule has 0 heteroatoms. The highest BCUT2D eigenvalue weighted by atomic mass is 14.1. The van der Waals surface area contributed by atoms with Crippen LogP contribution >= 0.6 is 0 Å². The van der Waals surface area contributed by atoms with E-state index < -0.39 is 0 Å². The number of hydrogen-bond acceptors (Lipinski definition) is 0. The fourth-order valence-corrected chi connectivity index (χ4v) is 4.05. The van der Waals surface area contributed by atoms with Crippen LogP contribution in [0.15, 0.2) is 36.4 Å². The molecule has 0 nitrogen and oxygen atoms in total. The number of benzene rings is 2. The van der Waals surface area contributed by atoms with Crippen LogP contribution in [0.1, 0.15) is 102 Å². The van der Waals surface area contributed by atoms with Gasteiger partial charge in [0.2, 0.25) is 0 Å². The molecule has 0 saturated carbocycles. The molecule has 0 aliphatic carbocycles. The van der Waals surface area contributed by atoms with Gasteiger partial charge in [-0.1, -0.05) is 114 Å². The van der Waals surface area contributed by atoms with Crippen LogP contribution in [0.2, 0.25) is 0 Å². The molecule has 2 rings (SSSR count). The Hall–Kier alpha value is -1.30. The van der Waals surface area contributed by atoms with Crippen molar-refractivity contribution >= 4 is 10.8 Å². The van der Waals surface area contributed by atoms with Crippen molar-refractivity contribution in [3.8, 4) is 0 Å². The van der Waals surface area contributed by atoms with Gasteiger partial charge in [0.25, 0.3) is 0 Å². The minimum atomic E-state index is 1.24. The Balaban J connectivity index is 1.88. The Morgan fingerprint density at radius 2 is 0.846 bits per heavy atom. The third-order valence-corrected chi connectivity index (χ3v) is 5.70. The SMILES string of the molecule is CCCCCCCCc1ccc(CCCCCCCC)c2ccccc12. The van der Waals surface area contributed by atoms with Gasteiger partial charge in [0.1, 0.15) is 0 Å². The van der Waals surface area contributed by atoms with Gasteiger partial charge in [0.05, 0.1) is 0 Å². The zero-order valence-electron chi connectivity index (χ0n) is 17.4. The molecule has 0 N–H and O–H groups in total. The van der Waals surface area contributed by atoms with E-state index in [0.29, 0.717) is 0 Å². The Kier molecular flexibility index (Phi) is 10.5. The average molecular weight is 353 g/mol. The molecule has 144 valence electrons. The highest BCUT2D eigenvalue weighted by Gasteiger charge is 2.06. The lowest BCUT2D eigenvalue weighted by Gasteiger charge is -2.12. The predicted molar refractivity (Wildman–Crippen MR) is 118 cm³/mol. The van der Waals surface area contributed by atoms with Crippen molar-refractivity contribution in [2.45, 2.75) is 104 Å². The lowest BCUT2D eigenvalue weighted by Crippen LogP contribution is -1.94. The third-order valence-electron chi connectivity index (χ3n) is 5.70. The molecule has 26 heavy (non-hydrogen) atoms. The molecule has 0 aliphatic heterocycles. The van der Waals surface area contributed by atoms with Crippen LogP contribution in [-0.2, 0) is 12.8 Å². The van der Waals surface area contributed by atoms with Crippen LogP contribution in [0.5, 0.6) is 0 Å². The Bertz CT molecular complexity index is 556. The molecule has 0 aliphatic rings. The Morgan fingerprint density at radius 1 is 0.462 bits per heavy atom. The van der Waals surface area contributed by atoms with E-state index in [1.807, 2.05) is 0 Å². The second-order valence-electron chi connectivity index (χ2n) is 7.96. The van der Waals surface area contributed by atoms with Crippen LogP contribution in [0, 0.1) is 0 Å². The summed E-state index contributed by atoms with van der Waals surface area (Å²) in [6, 6.07) is 13.9. The van der Waals surface area contributed by atoms with Crippen LogP contribution < -0.4 is 0 Å². The molecule has 0 bridgehead atoms. The minimum Gasteiger partial charge on any atom is -0.0654 e. The minimum absolute atomic E-state index is 1.24. The van der Waals surface area contributed by atoms with Gasteiger partial charge in [-0.3, -0.25) is 0 Å². The summed E-state index contributed by atoms with van der Waals surface area (Å²) in [5, 5.41) is 3.01. The lowest BCUT2D eigenvalue weighted by atomic mass is 9.93. The van der Waals surface area contributed by atoms with Crippen LogP contribution in [0.4, 0.5) is 0 Å². The summed E-state index contributed by atoms with van der Waals surface area (Å²) in [7, 11) is 0. The van der Waals surface area contributed by atoms with Gasteiger partial charge in [-0.15, -0.1) is 0 Å². The highest BCUT2D eigenvalue weighted by Crippen LogP contribution is 2.26. The summed E-state index contributed by atoms with van der Waals surface area (Å²) < 4.78 is 0. The number of hydrogen-bond donors (Lipinski definition) is 0. The van der Waals surface area contributed by atoms with Gasteiger partial charge in [-0.2, -0.15) is 0 Å². The molecule has 2 aromatic rings. The average Bonchev–Trinajstić information content (AvgIpc) is 2.68. The molecule has 0 spiro atoms. The first-order valence-electron chi connectivity index (χ1n) is 11.4. The number of unbranched alkanes of at least 4 members (excludes halogenated alkanes) is 10. The first-order chi connectivity index (χ1) is 12.9. The first-order valence-corrected chi connectivity index (χ1v) is 11.4. The maximum Gasteiger partial charge on any atom is -0.0149 e. The fourth-order valence-electron chi connectivity index (χ4n) is 4.05. The van der Waals surface area contributed by atoms with E-state index in [1.165, 1.54) is 101 Å². The molecule has 0 aromatic heterocycles. The second kappa shape index (κ2) is 13.0. The van der Waals surface area contributed by atoms with Gasteiger partial charge < -0.3 is 0 Å². The largest absolute Gasteiger partial charge is 0.0654 e. The first kappa shape index (κ1) is 21.0. The van der Waals surface area contributed by atoms with Crippen molar-refractivity contribution in [1.82, 2.24) is 0 Å². The van der Waals surface area contributed by atoms with Gasteiger partial charge in [-0.25, -0.2) is 0 Å². The summed E-state index contributed by atoms with van der Waals surface area (Å²) in [5.41, 5.74) is 3.12. The predicted octanol–water partition coefficient (Wildman–Crippen LogP) is 8.65. The maximum atomic E-state index is 2.42. The molecule has 2 aromatic carbocycles. The normalized spacial score (nSPS) is 11.3. The van der Waals surface area contributed by atoms with Crippen LogP contribution in [0.3, 0.4) is 0 Å². The van der Waals surface area contributed by atoms with E-state index in [4.69, 9.17) is 0 Å². The number of aryl methyl sites for hydroxylation is 2.